The second kappa shape index (κ2) is 6.38. The highest BCUT2D eigenvalue weighted by molar-refractivity contribution is 7.17. The summed E-state index contributed by atoms with van der Waals surface area (Å²) in [5, 5.41) is 3.68. The maximum atomic E-state index is 13.3. The van der Waals surface area contributed by atoms with Crippen molar-refractivity contribution in [3.05, 3.63) is 16.0 Å². The molecule has 6 rings (SSSR count). The van der Waals surface area contributed by atoms with Gasteiger partial charge in [-0.15, -0.1) is 11.3 Å². The molecule has 5 unspecified atom stereocenters. The van der Waals surface area contributed by atoms with Crippen LogP contribution in [0.15, 0.2) is 0 Å². The Hall–Kier alpha value is -1.73. The van der Waals surface area contributed by atoms with Gasteiger partial charge >= 0.3 is 0 Å². The second-order valence-corrected chi connectivity index (χ2v) is 10.4. The van der Waals surface area contributed by atoms with Gasteiger partial charge in [-0.05, 0) is 56.4 Å². The maximum Gasteiger partial charge on any atom is 0.254 e. The molecule has 1 saturated carbocycles. The first-order chi connectivity index (χ1) is 14.1. The standard InChI is InChI=1S/C22H26N2O4S/c1-2-10-3-6-12-15(9-10)29-22(16(12)19(25)23-11-4-5-11)24-20(26)17-13-7-8-14(28-13)18(17)21(24)27/h10-11,13-14,17-18H,2-9H2,1H3,(H,23,25). The number of carbonyl (C=O) groups is 3. The van der Waals surface area contributed by atoms with Crippen LogP contribution in [0.25, 0.3) is 0 Å². The molecule has 1 aromatic heterocycles. The van der Waals surface area contributed by atoms with Crippen molar-refractivity contribution in [1.82, 2.24) is 5.32 Å². The van der Waals surface area contributed by atoms with Crippen molar-refractivity contribution in [2.24, 2.45) is 17.8 Å². The van der Waals surface area contributed by atoms with E-state index < -0.39 is 0 Å². The number of hydrogen-bond acceptors (Lipinski definition) is 5. The Morgan fingerprint density at radius 2 is 1.79 bits per heavy atom. The highest BCUT2D eigenvalue weighted by Crippen LogP contribution is 2.52. The van der Waals surface area contributed by atoms with Crippen LogP contribution in [-0.4, -0.2) is 36.0 Å². The molecule has 7 heteroatoms. The van der Waals surface area contributed by atoms with Crippen LogP contribution >= 0.6 is 11.3 Å². The number of carbonyl (C=O) groups excluding carboxylic acids is 3. The number of nitrogens with one attached hydrogen (secondary N) is 1. The average Bonchev–Trinajstić information content (AvgIpc) is 3.07. The number of fused-ring (bicyclic) bond motifs is 6. The van der Waals surface area contributed by atoms with E-state index in [4.69, 9.17) is 4.74 Å². The maximum absolute atomic E-state index is 13.3. The third-order valence-corrected chi connectivity index (χ3v) is 8.79. The molecule has 3 aliphatic heterocycles. The third-order valence-electron chi connectivity index (χ3n) is 7.55. The molecule has 3 amide bonds. The second-order valence-electron chi connectivity index (χ2n) is 9.30. The predicted molar refractivity (Wildman–Crippen MR) is 108 cm³/mol. The van der Waals surface area contributed by atoms with Crippen molar-refractivity contribution in [3.8, 4) is 0 Å². The number of anilines is 1. The van der Waals surface area contributed by atoms with Gasteiger partial charge in [-0.2, -0.15) is 0 Å². The summed E-state index contributed by atoms with van der Waals surface area (Å²) in [6.07, 6.45) is 7.45. The summed E-state index contributed by atoms with van der Waals surface area (Å²) in [5.74, 6) is -0.517. The zero-order valence-electron chi connectivity index (χ0n) is 16.6. The lowest BCUT2D eigenvalue weighted by Gasteiger charge is -2.21. The third kappa shape index (κ3) is 2.59. The van der Waals surface area contributed by atoms with E-state index in [1.54, 1.807) is 0 Å². The molecule has 5 aliphatic rings. The van der Waals surface area contributed by atoms with Crippen molar-refractivity contribution in [2.75, 3.05) is 4.90 Å². The summed E-state index contributed by atoms with van der Waals surface area (Å²) in [5.41, 5.74) is 1.67. The van der Waals surface area contributed by atoms with Crippen LogP contribution in [0.4, 0.5) is 5.00 Å². The van der Waals surface area contributed by atoms with Crippen LogP contribution < -0.4 is 10.2 Å². The van der Waals surface area contributed by atoms with Gasteiger partial charge < -0.3 is 10.1 Å². The lowest BCUT2D eigenvalue weighted by molar-refractivity contribution is -0.124. The lowest BCUT2D eigenvalue weighted by Crippen LogP contribution is -2.36. The van der Waals surface area contributed by atoms with Crippen LogP contribution in [0, 0.1) is 17.8 Å². The first-order valence-electron chi connectivity index (χ1n) is 11.1. The number of thiophene rings is 1. The zero-order valence-corrected chi connectivity index (χ0v) is 17.4. The summed E-state index contributed by atoms with van der Waals surface area (Å²) < 4.78 is 5.87. The number of hydrogen-bond donors (Lipinski definition) is 1. The minimum atomic E-state index is -0.358. The van der Waals surface area contributed by atoms with Crippen LogP contribution in [0.5, 0.6) is 0 Å². The van der Waals surface area contributed by atoms with Crippen LogP contribution in [0.1, 0.15) is 66.2 Å². The Balaban J connectivity index is 1.42. The fourth-order valence-corrected chi connectivity index (χ4v) is 7.25. The topological polar surface area (TPSA) is 75.7 Å². The zero-order chi connectivity index (χ0) is 19.9. The highest BCUT2D eigenvalue weighted by atomic mass is 32.1. The van der Waals surface area contributed by atoms with E-state index in [9.17, 15) is 14.4 Å². The Labute approximate surface area is 174 Å². The van der Waals surface area contributed by atoms with E-state index in [0.717, 1.165) is 56.9 Å². The molecule has 154 valence electrons. The Morgan fingerprint density at radius 3 is 2.41 bits per heavy atom. The van der Waals surface area contributed by atoms with Gasteiger partial charge in [-0.1, -0.05) is 13.3 Å². The van der Waals surface area contributed by atoms with E-state index in [2.05, 4.69) is 12.2 Å². The van der Waals surface area contributed by atoms with Crippen molar-refractivity contribution in [3.63, 3.8) is 0 Å². The summed E-state index contributed by atoms with van der Waals surface area (Å²) >= 11 is 1.51. The van der Waals surface area contributed by atoms with E-state index >= 15 is 0 Å². The van der Waals surface area contributed by atoms with Gasteiger partial charge in [0.15, 0.2) is 0 Å². The Morgan fingerprint density at radius 1 is 1.10 bits per heavy atom. The molecule has 1 aromatic rings. The fraction of sp³-hybridized carbons (Fsp3) is 0.682. The SMILES string of the molecule is CCC1CCc2c(sc(N3C(=O)C4C5CCC(O5)C4C3=O)c2C(=O)NC2CC2)C1. The first-order valence-corrected chi connectivity index (χ1v) is 11.9. The van der Waals surface area contributed by atoms with Crippen molar-refractivity contribution < 1.29 is 19.1 Å². The van der Waals surface area contributed by atoms with Crippen molar-refractivity contribution in [1.29, 1.82) is 0 Å². The van der Waals surface area contributed by atoms with Gasteiger partial charge in [-0.25, -0.2) is 4.90 Å². The van der Waals surface area contributed by atoms with Crippen molar-refractivity contribution in [2.45, 2.75) is 76.5 Å². The van der Waals surface area contributed by atoms with Gasteiger partial charge in [0, 0.05) is 10.9 Å². The number of nitrogens with zero attached hydrogens (tertiary/aromatic N) is 1. The van der Waals surface area contributed by atoms with E-state index in [1.807, 2.05) is 0 Å². The van der Waals surface area contributed by atoms with Gasteiger partial charge in [0.1, 0.15) is 5.00 Å². The largest absolute Gasteiger partial charge is 0.373 e. The van der Waals surface area contributed by atoms with Crippen LogP contribution in [-0.2, 0) is 27.2 Å². The number of amides is 3. The summed E-state index contributed by atoms with van der Waals surface area (Å²) in [6, 6.07) is 0.242. The molecule has 1 N–H and O–H groups in total. The molecule has 2 bridgehead atoms. The summed E-state index contributed by atoms with van der Waals surface area (Å²) in [6.45, 7) is 2.20. The molecule has 2 aliphatic carbocycles. The summed E-state index contributed by atoms with van der Waals surface area (Å²) in [7, 11) is 0. The fourth-order valence-electron chi connectivity index (χ4n) is 5.78. The molecule has 4 heterocycles. The molecular weight excluding hydrogens is 388 g/mol. The molecule has 29 heavy (non-hydrogen) atoms. The van der Waals surface area contributed by atoms with Gasteiger partial charge in [0.2, 0.25) is 11.8 Å². The van der Waals surface area contributed by atoms with Crippen LogP contribution in [0.3, 0.4) is 0 Å². The van der Waals surface area contributed by atoms with Gasteiger partial charge in [0.25, 0.3) is 5.91 Å². The molecule has 0 aromatic carbocycles. The average molecular weight is 415 g/mol. The molecule has 4 fully saturated rings. The Bertz CT molecular complexity index is 892. The number of rotatable bonds is 4. The highest BCUT2D eigenvalue weighted by Gasteiger charge is 2.63. The normalized spacial score (nSPS) is 35.2. The smallest absolute Gasteiger partial charge is 0.254 e. The first kappa shape index (κ1) is 18.1. The molecule has 5 atom stereocenters. The van der Waals surface area contributed by atoms with Crippen molar-refractivity contribution >= 4 is 34.1 Å². The Kier molecular flexibility index (Phi) is 3.98. The monoisotopic (exact) mass is 414 g/mol. The molecule has 0 radical (unpaired) electrons. The minimum absolute atomic E-state index is 0.105. The molecule has 3 saturated heterocycles. The minimum Gasteiger partial charge on any atom is -0.373 e. The molecule has 6 nitrogen and oxygen atoms in total. The molecule has 0 spiro atoms. The van der Waals surface area contributed by atoms with Gasteiger partial charge in [0.05, 0.1) is 29.6 Å². The lowest BCUT2D eigenvalue weighted by atomic mass is 9.81. The quantitative estimate of drug-likeness (QED) is 0.769. The van der Waals surface area contributed by atoms with E-state index in [0.29, 0.717) is 16.5 Å². The number of imide groups is 1. The number of ether oxygens (including phenoxy) is 1. The van der Waals surface area contributed by atoms with E-state index in [1.165, 1.54) is 21.1 Å². The van der Waals surface area contributed by atoms with E-state index in [-0.39, 0.29) is 47.8 Å². The summed E-state index contributed by atoms with van der Waals surface area (Å²) in [4.78, 5) is 42.4. The predicted octanol–water partition coefficient (Wildman–Crippen LogP) is 2.82. The van der Waals surface area contributed by atoms with Gasteiger partial charge in [-0.3, -0.25) is 14.4 Å². The van der Waals surface area contributed by atoms with Crippen LogP contribution in [0.2, 0.25) is 0 Å². The molecular formula is C22H26N2O4S.